The Morgan fingerprint density at radius 3 is 2.41 bits per heavy atom. The van der Waals surface area contributed by atoms with Crippen molar-refractivity contribution in [3.05, 3.63) is 0 Å². The van der Waals surface area contributed by atoms with Gasteiger partial charge in [0.05, 0.1) is 6.61 Å². The number of rotatable bonds is 3. The van der Waals surface area contributed by atoms with Crippen molar-refractivity contribution in [2.24, 2.45) is 5.92 Å². The number of methoxy groups -OCH3 is 1. The predicted molar refractivity (Wildman–Crippen MR) is 87.8 cm³/mol. The minimum Gasteiger partial charge on any atom is -0.383 e. The zero-order chi connectivity index (χ0) is 15.6. The number of carbonyl (C=O) groups excluding carboxylic acids is 1. The number of likely N-dealkylation sites (N-methyl/N-ethyl adjacent to an activating group) is 1. The highest BCUT2D eigenvalue weighted by atomic mass is 16.5. The fourth-order valence-corrected chi connectivity index (χ4v) is 4.93. The molecule has 1 spiro atoms. The Morgan fingerprint density at radius 1 is 1.09 bits per heavy atom. The molecule has 0 N–H and O–H groups in total. The van der Waals surface area contributed by atoms with Gasteiger partial charge < -0.3 is 9.64 Å². The van der Waals surface area contributed by atoms with Crippen LogP contribution in [0.4, 0.5) is 0 Å². The summed E-state index contributed by atoms with van der Waals surface area (Å²) >= 11 is 0. The number of piperidine rings is 1. The predicted octanol–water partition coefficient (Wildman–Crippen LogP) is 2.67. The van der Waals surface area contributed by atoms with E-state index in [1.165, 1.54) is 32.1 Å². The molecule has 126 valence electrons. The van der Waals surface area contributed by atoms with Crippen LogP contribution in [0.2, 0.25) is 0 Å². The van der Waals surface area contributed by atoms with Crippen LogP contribution >= 0.6 is 0 Å². The lowest BCUT2D eigenvalue weighted by atomic mass is 9.83. The van der Waals surface area contributed by atoms with Crippen molar-refractivity contribution in [1.29, 1.82) is 0 Å². The minimum atomic E-state index is 0.324. The Kier molecular flexibility index (Phi) is 5.08. The Hall–Kier alpha value is -0.610. The third-order valence-electron chi connectivity index (χ3n) is 6.56. The molecule has 0 radical (unpaired) electrons. The number of nitrogens with zero attached hydrogens (tertiary/aromatic N) is 2. The summed E-state index contributed by atoms with van der Waals surface area (Å²) in [7, 11) is 4.06. The van der Waals surface area contributed by atoms with Crippen LogP contribution in [0.1, 0.15) is 57.8 Å². The van der Waals surface area contributed by atoms with Gasteiger partial charge in [-0.05, 0) is 45.6 Å². The lowest BCUT2D eigenvalue weighted by Gasteiger charge is -2.45. The summed E-state index contributed by atoms with van der Waals surface area (Å²) in [6.45, 7) is 2.75. The van der Waals surface area contributed by atoms with E-state index in [0.29, 0.717) is 23.4 Å². The molecule has 0 aromatic rings. The molecule has 2 aliphatic heterocycles. The van der Waals surface area contributed by atoms with Gasteiger partial charge in [0.1, 0.15) is 0 Å². The van der Waals surface area contributed by atoms with E-state index in [4.69, 9.17) is 4.74 Å². The summed E-state index contributed by atoms with van der Waals surface area (Å²) < 4.78 is 5.36. The van der Waals surface area contributed by atoms with E-state index >= 15 is 0 Å². The number of carbonyl (C=O) groups is 1. The average Bonchev–Trinajstić information content (AvgIpc) is 2.86. The van der Waals surface area contributed by atoms with E-state index in [9.17, 15) is 4.79 Å². The second-order valence-electron chi connectivity index (χ2n) is 7.64. The average molecular weight is 308 g/mol. The van der Waals surface area contributed by atoms with Crippen molar-refractivity contribution >= 4 is 5.91 Å². The van der Waals surface area contributed by atoms with Gasteiger partial charge in [-0.25, -0.2) is 0 Å². The first-order chi connectivity index (χ1) is 10.7. The van der Waals surface area contributed by atoms with Crippen molar-refractivity contribution in [2.45, 2.75) is 69.4 Å². The van der Waals surface area contributed by atoms with Crippen molar-refractivity contribution in [2.75, 3.05) is 33.9 Å². The summed E-state index contributed by atoms with van der Waals surface area (Å²) in [5, 5.41) is 0. The van der Waals surface area contributed by atoms with Crippen LogP contribution in [-0.2, 0) is 9.53 Å². The number of amides is 1. The van der Waals surface area contributed by atoms with Crippen LogP contribution in [0.25, 0.3) is 0 Å². The first kappa shape index (κ1) is 16.3. The van der Waals surface area contributed by atoms with E-state index < -0.39 is 0 Å². The molecule has 22 heavy (non-hydrogen) atoms. The highest BCUT2D eigenvalue weighted by molar-refractivity contribution is 5.79. The van der Waals surface area contributed by atoms with Crippen molar-refractivity contribution in [1.82, 2.24) is 9.80 Å². The first-order valence-corrected chi connectivity index (χ1v) is 9.17. The smallest absolute Gasteiger partial charge is 0.225 e. The molecule has 2 saturated heterocycles. The van der Waals surface area contributed by atoms with Gasteiger partial charge in [-0.2, -0.15) is 0 Å². The summed E-state index contributed by atoms with van der Waals surface area (Å²) in [5.41, 5.74) is 0.326. The van der Waals surface area contributed by atoms with Gasteiger partial charge in [-0.15, -0.1) is 0 Å². The van der Waals surface area contributed by atoms with Gasteiger partial charge in [0.15, 0.2) is 0 Å². The fraction of sp³-hybridized carbons (Fsp3) is 0.944. The Labute approximate surface area is 135 Å². The molecule has 0 aromatic carbocycles. The Balaban J connectivity index is 1.55. The number of ether oxygens (including phenoxy) is 1. The van der Waals surface area contributed by atoms with E-state index in [0.717, 1.165) is 45.4 Å². The molecule has 4 heteroatoms. The van der Waals surface area contributed by atoms with Gasteiger partial charge in [-0.1, -0.05) is 19.3 Å². The van der Waals surface area contributed by atoms with Crippen molar-refractivity contribution in [3.63, 3.8) is 0 Å². The summed E-state index contributed by atoms with van der Waals surface area (Å²) in [5.74, 6) is 0.772. The number of hydrogen-bond acceptors (Lipinski definition) is 3. The highest BCUT2D eigenvalue weighted by Crippen LogP contribution is 2.41. The van der Waals surface area contributed by atoms with E-state index in [2.05, 4.69) is 16.8 Å². The minimum absolute atomic E-state index is 0.324. The van der Waals surface area contributed by atoms with Crippen LogP contribution in [0, 0.1) is 5.92 Å². The lowest BCUT2D eigenvalue weighted by Crippen LogP contribution is -2.54. The number of likely N-dealkylation sites (tertiary alicyclic amines) is 2. The third-order valence-corrected chi connectivity index (χ3v) is 6.56. The van der Waals surface area contributed by atoms with Gasteiger partial charge in [0, 0.05) is 37.7 Å². The standard InChI is InChI=1S/C18H32N2O2/c1-19-16(14-22-2)8-9-18(19)10-12-20(13-11-18)17(21)15-6-4-3-5-7-15/h15-16H,3-14H2,1-2H3/t16-/m0/s1. The fourth-order valence-electron chi connectivity index (χ4n) is 4.93. The second-order valence-corrected chi connectivity index (χ2v) is 7.64. The molecule has 0 bridgehead atoms. The van der Waals surface area contributed by atoms with Crippen LogP contribution in [0.5, 0.6) is 0 Å². The topological polar surface area (TPSA) is 32.8 Å². The molecule has 1 aliphatic carbocycles. The van der Waals surface area contributed by atoms with Crippen LogP contribution in [-0.4, -0.2) is 61.1 Å². The molecule has 4 nitrogen and oxygen atoms in total. The largest absolute Gasteiger partial charge is 0.383 e. The SMILES string of the molecule is COC[C@@H]1CCC2(CCN(C(=O)C3CCCCC3)CC2)N1C. The zero-order valence-electron chi connectivity index (χ0n) is 14.4. The third kappa shape index (κ3) is 3.05. The molecule has 1 amide bonds. The van der Waals surface area contributed by atoms with Crippen LogP contribution in [0.3, 0.4) is 0 Å². The summed E-state index contributed by atoms with van der Waals surface area (Å²) in [6, 6.07) is 0.561. The lowest BCUT2D eigenvalue weighted by molar-refractivity contribution is -0.139. The maximum atomic E-state index is 12.7. The molecule has 1 saturated carbocycles. The summed E-state index contributed by atoms with van der Waals surface area (Å²) in [4.78, 5) is 17.4. The molecular formula is C18H32N2O2. The normalized spacial score (nSPS) is 30.1. The van der Waals surface area contributed by atoms with Crippen molar-refractivity contribution in [3.8, 4) is 0 Å². The molecule has 1 atom stereocenters. The molecule has 3 fully saturated rings. The molecule has 3 aliphatic rings. The first-order valence-electron chi connectivity index (χ1n) is 9.17. The quantitative estimate of drug-likeness (QED) is 0.803. The van der Waals surface area contributed by atoms with Gasteiger partial charge in [0.25, 0.3) is 0 Å². The highest BCUT2D eigenvalue weighted by Gasteiger charge is 2.46. The van der Waals surface area contributed by atoms with E-state index in [1.54, 1.807) is 7.11 Å². The van der Waals surface area contributed by atoms with Gasteiger partial charge in [0.2, 0.25) is 5.91 Å². The molecule has 0 aromatic heterocycles. The maximum absolute atomic E-state index is 12.7. The van der Waals surface area contributed by atoms with Crippen LogP contribution in [0.15, 0.2) is 0 Å². The Morgan fingerprint density at radius 2 is 1.77 bits per heavy atom. The van der Waals surface area contributed by atoms with Crippen LogP contribution < -0.4 is 0 Å². The Bertz CT molecular complexity index is 385. The second kappa shape index (κ2) is 6.88. The zero-order valence-corrected chi connectivity index (χ0v) is 14.4. The van der Waals surface area contributed by atoms with E-state index in [-0.39, 0.29) is 0 Å². The van der Waals surface area contributed by atoms with Gasteiger partial charge in [-0.3, -0.25) is 9.69 Å². The summed E-state index contributed by atoms with van der Waals surface area (Å²) in [6.07, 6.45) is 10.8. The number of hydrogen-bond donors (Lipinski definition) is 0. The molecule has 2 heterocycles. The van der Waals surface area contributed by atoms with Crippen molar-refractivity contribution < 1.29 is 9.53 Å². The molecule has 0 unspecified atom stereocenters. The molecule has 3 rings (SSSR count). The van der Waals surface area contributed by atoms with E-state index in [1.807, 2.05) is 0 Å². The van der Waals surface area contributed by atoms with Gasteiger partial charge >= 0.3 is 0 Å². The maximum Gasteiger partial charge on any atom is 0.225 e. The monoisotopic (exact) mass is 308 g/mol. The molecular weight excluding hydrogens is 276 g/mol.